The summed E-state index contributed by atoms with van der Waals surface area (Å²) in [6.45, 7) is 12.9. The van der Waals surface area contributed by atoms with E-state index in [-0.39, 0.29) is 0 Å². The van der Waals surface area contributed by atoms with Gasteiger partial charge >= 0.3 is 0 Å². The van der Waals surface area contributed by atoms with E-state index in [0.717, 1.165) is 0 Å². The Morgan fingerprint density at radius 3 is 2.04 bits per heavy atom. The van der Waals surface area contributed by atoms with E-state index in [1.165, 1.54) is 10.4 Å². The van der Waals surface area contributed by atoms with E-state index in [9.17, 15) is 8.42 Å². The minimum absolute atomic E-state index is 0.324. The van der Waals surface area contributed by atoms with Gasteiger partial charge in [-0.25, -0.2) is 8.42 Å². The second-order valence-electron chi connectivity index (χ2n) is 6.99. The van der Waals surface area contributed by atoms with Gasteiger partial charge < -0.3 is 0 Å². The summed E-state index contributed by atoms with van der Waals surface area (Å²) in [5.41, 5.74) is 0. The van der Waals surface area contributed by atoms with Crippen molar-refractivity contribution in [2.24, 2.45) is 0 Å². The number of hydrogen-bond acceptors (Lipinski definition) is 2. The fourth-order valence-electron chi connectivity index (χ4n) is 2.71. The Bertz CT molecular complexity index is 808. The Morgan fingerprint density at radius 1 is 1.00 bits per heavy atom. The molecule has 0 unspecified atom stereocenters. The molecule has 0 aliphatic heterocycles. The minimum atomic E-state index is -3.46. The highest BCUT2D eigenvalue weighted by atomic mass is 32.2. The van der Waals surface area contributed by atoms with Gasteiger partial charge in [0.25, 0.3) is 0 Å². The van der Waals surface area contributed by atoms with Crippen molar-refractivity contribution < 1.29 is 8.42 Å². The van der Waals surface area contributed by atoms with Crippen molar-refractivity contribution in [3.8, 4) is 0 Å². The van der Waals surface area contributed by atoms with E-state index in [1.807, 2.05) is 6.07 Å². The van der Waals surface area contributed by atoms with Crippen molar-refractivity contribution in [3.63, 3.8) is 0 Å². The first-order chi connectivity index (χ1) is 11.1. The van der Waals surface area contributed by atoms with Crippen LogP contribution < -0.4 is 10.4 Å². The zero-order valence-corrected chi connectivity index (χ0v) is 17.7. The predicted octanol–water partition coefficient (Wildman–Crippen LogP) is 3.55. The lowest BCUT2D eigenvalue weighted by Gasteiger charge is -2.24. The molecule has 0 aliphatic rings. The Balaban J connectivity index is 2.23. The topological polar surface area (TPSA) is 34.1 Å². The Morgan fingerprint density at radius 2 is 1.54 bits per heavy atom. The molecule has 0 aliphatic carbocycles. The maximum atomic E-state index is 12.7. The van der Waals surface area contributed by atoms with Crippen LogP contribution in [0, 0.1) is 0 Å². The first kappa shape index (κ1) is 18.9. The summed E-state index contributed by atoms with van der Waals surface area (Å²) >= 11 is 0. The van der Waals surface area contributed by atoms with Crippen molar-refractivity contribution >= 4 is 37.1 Å². The van der Waals surface area contributed by atoms with Gasteiger partial charge in [-0.15, -0.1) is 0 Å². The van der Waals surface area contributed by atoms with Gasteiger partial charge in [0.2, 0.25) is 9.84 Å². The van der Waals surface area contributed by atoms with E-state index < -0.39 is 26.7 Å². The Labute approximate surface area is 148 Å². The number of benzene rings is 2. The third-order valence-corrected chi connectivity index (χ3v) is 11.1. The normalized spacial score (nSPS) is 12.4. The molecule has 127 valence electrons. The van der Waals surface area contributed by atoms with Crippen molar-refractivity contribution in [2.75, 3.05) is 0 Å². The zero-order chi connectivity index (χ0) is 18.0. The zero-order valence-electron chi connectivity index (χ0n) is 14.8. The second-order valence-corrected chi connectivity index (χ2v) is 16.3. The smallest absolute Gasteiger partial charge is 0.201 e. The maximum absolute atomic E-state index is 12.7. The van der Waals surface area contributed by atoms with Gasteiger partial charge in [-0.05, 0) is 18.2 Å². The van der Waals surface area contributed by atoms with Gasteiger partial charge in [0.15, 0.2) is 0 Å². The van der Waals surface area contributed by atoms with Gasteiger partial charge in [-0.1, -0.05) is 85.6 Å². The molecule has 0 N–H and O–H groups in total. The van der Waals surface area contributed by atoms with E-state index in [4.69, 9.17) is 0 Å². The first-order valence-electron chi connectivity index (χ1n) is 8.03. The molecule has 0 heterocycles. The largest absolute Gasteiger partial charge is 0.219 e. The van der Waals surface area contributed by atoms with Gasteiger partial charge in [0.1, 0.15) is 0 Å². The molecule has 0 atom stereocenters. The van der Waals surface area contributed by atoms with Gasteiger partial charge in [0.05, 0.1) is 21.8 Å². The van der Waals surface area contributed by atoms with E-state index in [1.54, 1.807) is 24.3 Å². The van der Waals surface area contributed by atoms with E-state index in [2.05, 4.69) is 57.0 Å². The molecule has 0 saturated heterocycles. The predicted molar refractivity (Wildman–Crippen MR) is 108 cm³/mol. The van der Waals surface area contributed by atoms with Crippen LogP contribution in [-0.4, -0.2) is 25.3 Å². The fourth-order valence-corrected chi connectivity index (χ4v) is 8.49. The lowest BCUT2D eigenvalue weighted by molar-refractivity contribution is 0.602. The first-order valence-corrected chi connectivity index (χ1v) is 15.2. The molecular formula is C19H25O2SSi2. The SMILES string of the molecule is C=C(C[Si](C)(C)c1ccc([Si](C)C)cc1)S(=O)(=O)c1ccccc1. The standard InChI is InChI=1S/C19H25O2SSi2/c1-16(22(20,21)17-9-7-6-8-10-17)15-24(4,5)19-13-11-18(12-14-19)23(2)3/h6-14H,1,15H2,2-5H3. The van der Waals surface area contributed by atoms with Crippen LogP contribution >= 0.6 is 0 Å². The third kappa shape index (κ3) is 4.15. The number of hydrogen-bond donors (Lipinski definition) is 0. The van der Waals surface area contributed by atoms with Crippen molar-refractivity contribution in [1.82, 2.24) is 0 Å². The van der Waals surface area contributed by atoms with Crippen LogP contribution in [0.2, 0.25) is 32.2 Å². The molecule has 2 aromatic carbocycles. The van der Waals surface area contributed by atoms with Crippen molar-refractivity contribution in [2.45, 2.75) is 37.1 Å². The maximum Gasteiger partial charge on any atom is 0.201 e. The van der Waals surface area contributed by atoms with Crippen LogP contribution in [0.25, 0.3) is 0 Å². The Kier molecular flexibility index (Phi) is 5.68. The third-order valence-electron chi connectivity index (χ3n) is 4.32. The number of rotatable bonds is 6. The van der Waals surface area contributed by atoms with Crippen molar-refractivity contribution in [1.29, 1.82) is 0 Å². The highest BCUT2D eigenvalue weighted by Crippen LogP contribution is 2.25. The summed E-state index contributed by atoms with van der Waals surface area (Å²) < 4.78 is 25.4. The molecule has 0 fully saturated rings. The molecule has 2 aromatic rings. The van der Waals surface area contributed by atoms with Crippen LogP contribution in [0.1, 0.15) is 0 Å². The summed E-state index contributed by atoms with van der Waals surface area (Å²) in [6.07, 6.45) is 0. The lowest BCUT2D eigenvalue weighted by Crippen LogP contribution is -2.43. The highest BCUT2D eigenvalue weighted by molar-refractivity contribution is 7.95. The summed E-state index contributed by atoms with van der Waals surface area (Å²) in [6, 6.07) is 17.9. The molecule has 2 rings (SSSR count). The van der Waals surface area contributed by atoms with Crippen LogP contribution in [0.4, 0.5) is 0 Å². The van der Waals surface area contributed by atoms with Crippen molar-refractivity contribution in [3.05, 3.63) is 66.1 Å². The van der Waals surface area contributed by atoms with Gasteiger partial charge in [-0.2, -0.15) is 0 Å². The van der Waals surface area contributed by atoms with Crippen LogP contribution in [0.5, 0.6) is 0 Å². The fraction of sp³-hybridized carbons (Fsp3) is 0.263. The second kappa shape index (κ2) is 7.21. The molecule has 24 heavy (non-hydrogen) atoms. The number of sulfone groups is 1. The summed E-state index contributed by atoms with van der Waals surface area (Å²) in [4.78, 5) is 0.657. The molecule has 0 saturated carbocycles. The van der Waals surface area contributed by atoms with Gasteiger partial charge in [-0.3, -0.25) is 0 Å². The van der Waals surface area contributed by atoms with Gasteiger partial charge in [0, 0.05) is 4.91 Å². The lowest BCUT2D eigenvalue weighted by atomic mass is 10.4. The summed E-state index contributed by atoms with van der Waals surface area (Å²) in [5.74, 6) is 0. The Hall–Kier alpha value is -1.44. The van der Waals surface area contributed by atoms with Crippen LogP contribution in [0.15, 0.2) is 71.0 Å². The molecule has 5 heteroatoms. The van der Waals surface area contributed by atoms with Crippen LogP contribution in [0.3, 0.4) is 0 Å². The molecule has 2 nitrogen and oxygen atoms in total. The average Bonchev–Trinajstić information content (AvgIpc) is 2.55. The summed E-state index contributed by atoms with van der Waals surface area (Å²) in [7, 11) is -5.82. The molecule has 1 radical (unpaired) electrons. The summed E-state index contributed by atoms with van der Waals surface area (Å²) in [5, 5.41) is 2.68. The molecule has 0 amide bonds. The highest BCUT2D eigenvalue weighted by Gasteiger charge is 2.29. The monoisotopic (exact) mass is 373 g/mol. The molecular weight excluding hydrogens is 348 g/mol. The van der Waals surface area contributed by atoms with E-state index in [0.29, 0.717) is 15.8 Å². The molecule has 0 spiro atoms. The minimum Gasteiger partial charge on any atom is -0.219 e. The molecule has 0 bridgehead atoms. The van der Waals surface area contributed by atoms with Crippen LogP contribution in [-0.2, 0) is 9.84 Å². The van der Waals surface area contributed by atoms with E-state index >= 15 is 0 Å². The molecule has 0 aromatic heterocycles. The average molecular weight is 374 g/mol. The quantitative estimate of drug-likeness (QED) is 0.726. The number of allylic oxidation sites excluding steroid dienone is 1.